The van der Waals surface area contributed by atoms with Gasteiger partial charge in [-0.2, -0.15) is 0 Å². The molecule has 0 aliphatic carbocycles. The van der Waals surface area contributed by atoms with Crippen LogP contribution in [-0.4, -0.2) is 40.7 Å². The van der Waals surface area contributed by atoms with Gasteiger partial charge < -0.3 is 10.8 Å². The summed E-state index contributed by atoms with van der Waals surface area (Å²) in [6.07, 6.45) is 0.144. The van der Waals surface area contributed by atoms with E-state index >= 15 is 0 Å². The van der Waals surface area contributed by atoms with E-state index in [1.165, 1.54) is 0 Å². The molecule has 1 heterocycles. The van der Waals surface area contributed by atoms with E-state index in [2.05, 4.69) is 4.98 Å². The van der Waals surface area contributed by atoms with Crippen LogP contribution in [0.5, 0.6) is 0 Å². The molecule has 3 N–H and O–H groups in total. The summed E-state index contributed by atoms with van der Waals surface area (Å²) in [6, 6.07) is 9.77. The van der Waals surface area contributed by atoms with Crippen molar-refractivity contribution in [2.75, 3.05) is 13.6 Å². The highest BCUT2D eigenvalue weighted by Crippen LogP contribution is 2.08. The zero-order valence-electron chi connectivity index (χ0n) is 11.6. The molecule has 0 spiro atoms. The van der Waals surface area contributed by atoms with E-state index in [4.69, 9.17) is 5.73 Å². The molecule has 1 aromatic carbocycles. The van der Waals surface area contributed by atoms with Crippen LogP contribution in [0.1, 0.15) is 11.3 Å². The van der Waals surface area contributed by atoms with Crippen LogP contribution in [0, 0.1) is 0 Å². The predicted octanol–water partition coefficient (Wildman–Crippen LogP) is 1.51. The fourth-order valence-corrected chi connectivity index (χ4v) is 2.68. The van der Waals surface area contributed by atoms with Gasteiger partial charge in [-0.3, -0.25) is 4.90 Å². The third-order valence-electron chi connectivity index (χ3n) is 3.22. The highest BCUT2D eigenvalue weighted by atomic mass is 32.1. The molecule has 2 atom stereocenters. The Kier molecular flexibility index (Phi) is 5.67. The molecule has 2 aromatic rings. The standard InChI is InChI=1S/C15H21N3OS/c1-18(8-13-10-20-11-17-13)9-15(19)14(16)7-12-5-3-2-4-6-12/h2-6,10-11,14-15,19H,7-9,16H2,1H3. The zero-order valence-corrected chi connectivity index (χ0v) is 12.5. The molecule has 2 rings (SSSR count). The third-order valence-corrected chi connectivity index (χ3v) is 3.86. The molecule has 108 valence electrons. The maximum absolute atomic E-state index is 10.2. The van der Waals surface area contributed by atoms with Crippen molar-refractivity contribution in [3.8, 4) is 0 Å². The van der Waals surface area contributed by atoms with Gasteiger partial charge in [-0.1, -0.05) is 30.3 Å². The predicted molar refractivity (Wildman–Crippen MR) is 82.6 cm³/mol. The van der Waals surface area contributed by atoms with E-state index in [9.17, 15) is 5.11 Å². The van der Waals surface area contributed by atoms with Gasteiger partial charge in [0.25, 0.3) is 0 Å². The molecule has 20 heavy (non-hydrogen) atoms. The van der Waals surface area contributed by atoms with Crippen molar-refractivity contribution in [1.29, 1.82) is 0 Å². The largest absolute Gasteiger partial charge is 0.390 e. The second-order valence-electron chi connectivity index (χ2n) is 5.10. The van der Waals surface area contributed by atoms with Crippen LogP contribution in [0.25, 0.3) is 0 Å². The Morgan fingerprint density at radius 2 is 2.10 bits per heavy atom. The second kappa shape index (κ2) is 7.50. The molecule has 0 amide bonds. The summed E-state index contributed by atoms with van der Waals surface area (Å²) in [5, 5.41) is 12.2. The first-order chi connectivity index (χ1) is 9.65. The van der Waals surface area contributed by atoms with Crippen LogP contribution in [0.15, 0.2) is 41.2 Å². The molecule has 0 aliphatic rings. The number of aliphatic hydroxyl groups excluding tert-OH is 1. The first-order valence-corrected chi connectivity index (χ1v) is 7.62. The molecular formula is C15H21N3OS. The van der Waals surface area contributed by atoms with Crippen molar-refractivity contribution in [3.63, 3.8) is 0 Å². The van der Waals surface area contributed by atoms with Crippen LogP contribution in [0.2, 0.25) is 0 Å². The summed E-state index contributed by atoms with van der Waals surface area (Å²) in [5.41, 5.74) is 10.1. The topological polar surface area (TPSA) is 62.4 Å². The first kappa shape index (κ1) is 15.1. The molecule has 5 heteroatoms. The van der Waals surface area contributed by atoms with Gasteiger partial charge >= 0.3 is 0 Å². The van der Waals surface area contributed by atoms with Crippen LogP contribution in [0.4, 0.5) is 0 Å². The number of thiazole rings is 1. The minimum absolute atomic E-state index is 0.254. The molecule has 1 aromatic heterocycles. The Balaban J connectivity index is 1.80. The van der Waals surface area contributed by atoms with Crippen LogP contribution in [-0.2, 0) is 13.0 Å². The van der Waals surface area contributed by atoms with Crippen molar-refractivity contribution in [1.82, 2.24) is 9.88 Å². The number of benzene rings is 1. The second-order valence-corrected chi connectivity index (χ2v) is 5.82. The number of nitrogens with two attached hydrogens (primary N) is 1. The van der Waals surface area contributed by atoms with E-state index in [1.807, 2.05) is 53.2 Å². The maximum Gasteiger partial charge on any atom is 0.0820 e. The van der Waals surface area contributed by atoms with Crippen molar-refractivity contribution < 1.29 is 5.11 Å². The van der Waals surface area contributed by atoms with Gasteiger partial charge in [0.05, 0.1) is 17.3 Å². The number of hydrogen-bond donors (Lipinski definition) is 2. The normalized spacial score (nSPS) is 14.4. The van der Waals surface area contributed by atoms with Crippen molar-refractivity contribution in [2.24, 2.45) is 5.73 Å². The Bertz CT molecular complexity index is 489. The summed E-state index contributed by atoms with van der Waals surface area (Å²) in [4.78, 5) is 6.29. The smallest absolute Gasteiger partial charge is 0.0820 e. The molecular weight excluding hydrogens is 270 g/mol. The van der Waals surface area contributed by atoms with Gasteiger partial charge in [0.1, 0.15) is 0 Å². The lowest BCUT2D eigenvalue weighted by atomic mass is 10.0. The number of aromatic nitrogens is 1. The van der Waals surface area contributed by atoms with Gasteiger partial charge in [0.15, 0.2) is 0 Å². The first-order valence-electron chi connectivity index (χ1n) is 6.68. The highest BCUT2D eigenvalue weighted by molar-refractivity contribution is 7.07. The van der Waals surface area contributed by atoms with E-state index in [1.54, 1.807) is 11.3 Å². The molecule has 0 saturated carbocycles. The average molecular weight is 291 g/mol. The van der Waals surface area contributed by atoms with Crippen molar-refractivity contribution >= 4 is 11.3 Å². The van der Waals surface area contributed by atoms with E-state index in [0.29, 0.717) is 13.0 Å². The zero-order chi connectivity index (χ0) is 14.4. The fraction of sp³-hybridized carbons (Fsp3) is 0.400. The summed E-state index contributed by atoms with van der Waals surface area (Å²) in [5.74, 6) is 0. The minimum atomic E-state index is -0.543. The number of rotatable bonds is 7. The van der Waals surface area contributed by atoms with Crippen LogP contribution >= 0.6 is 11.3 Å². The average Bonchev–Trinajstić information content (AvgIpc) is 2.92. The van der Waals surface area contributed by atoms with Gasteiger partial charge in [-0.05, 0) is 19.0 Å². The van der Waals surface area contributed by atoms with E-state index in [-0.39, 0.29) is 6.04 Å². The molecule has 0 saturated heterocycles. The summed E-state index contributed by atoms with van der Waals surface area (Å²) in [7, 11) is 1.97. The van der Waals surface area contributed by atoms with Gasteiger partial charge in [0.2, 0.25) is 0 Å². The van der Waals surface area contributed by atoms with Crippen LogP contribution < -0.4 is 5.73 Å². The Hall–Kier alpha value is -1.27. The molecule has 4 nitrogen and oxygen atoms in total. The Morgan fingerprint density at radius 1 is 1.35 bits per heavy atom. The Labute approximate surface area is 123 Å². The number of likely N-dealkylation sites (N-methyl/N-ethyl adjacent to an activating group) is 1. The summed E-state index contributed by atoms with van der Waals surface area (Å²) in [6.45, 7) is 1.28. The van der Waals surface area contributed by atoms with E-state index in [0.717, 1.165) is 17.8 Å². The monoisotopic (exact) mass is 291 g/mol. The molecule has 2 unspecified atom stereocenters. The lowest BCUT2D eigenvalue weighted by molar-refractivity contribution is 0.0988. The quantitative estimate of drug-likeness (QED) is 0.811. The van der Waals surface area contributed by atoms with E-state index < -0.39 is 6.10 Å². The van der Waals surface area contributed by atoms with Crippen LogP contribution in [0.3, 0.4) is 0 Å². The lowest BCUT2D eigenvalue weighted by Gasteiger charge is -2.24. The third kappa shape index (κ3) is 4.68. The molecule has 0 aliphatic heterocycles. The molecule has 0 bridgehead atoms. The number of hydrogen-bond acceptors (Lipinski definition) is 5. The summed E-state index contributed by atoms with van der Waals surface area (Å²) >= 11 is 1.58. The van der Waals surface area contributed by atoms with Gasteiger partial charge in [-0.15, -0.1) is 11.3 Å². The fourth-order valence-electron chi connectivity index (χ4n) is 2.13. The van der Waals surface area contributed by atoms with Crippen molar-refractivity contribution in [2.45, 2.75) is 25.1 Å². The minimum Gasteiger partial charge on any atom is -0.390 e. The Morgan fingerprint density at radius 3 is 2.75 bits per heavy atom. The lowest BCUT2D eigenvalue weighted by Crippen LogP contribution is -2.43. The SMILES string of the molecule is CN(Cc1cscn1)CC(O)C(N)Cc1ccccc1. The maximum atomic E-state index is 10.2. The van der Waals surface area contributed by atoms with Crippen molar-refractivity contribution in [3.05, 3.63) is 52.5 Å². The molecule has 0 fully saturated rings. The summed E-state index contributed by atoms with van der Waals surface area (Å²) < 4.78 is 0. The van der Waals surface area contributed by atoms with Gasteiger partial charge in [-0.25, -0.2) is 4.98 Å². The number of nitrogens with zero attached hydrogens (tertiary/aromatic N) is 2. The highest BCUT2D eigenvalue weighted by Gasteiger charge is 2.17. The van der Waals surface area contributed by atoms with Gasteiger partial charge in [0, 0.05) is 24.5 Å². The number of aliphatic hydroxyl groups is 1. The molecule has 0 radical (unpaired) electrons.